The Morgan fingerprint density at radius 1 is 0.895 bits per heavy atom. The van der Waals surface area contributed by atoms with Crippen molar-refractivity contribution in [2.24, 2.45) is 11.3 Å². The molecular formula is C32H35F2NO3. The molecule has 1 fully saturated rings. The molecular weight excluding hydrogens is 484 g/mol. The third kappa shape index (κ3) is 6.47. The van der Waals surface area contributed by atoms with Crippen molar-refractivity contribution in [2.75, 3.05) is 5.73 Å². The lowest BCUT2D eigenvalue weighted by atomic mass is 9.65. The number of nitrogens with two attached hydrogens (primary N) is 1. The number of carbonyl (C=O) groups is 2. The molecule has 2 unspecified atom stereocenters. The second kappa shape index (κ2) is 11.1. The summed E-state index contributed by atoms with van der Waals surface area (Å²) in [6.07, 6.45) is 1.96. The minimum Gasteiger partial charge on any atom is -0.458 e. The lowest BCUT2D eigenvalue weighted by Gasteiger charge is -2.44. The number of Topliss-reactive ketones (excluding diaryl/α,β-unsaturated/α-hetero) is 1. The quantitative estimate of drug-likeness (QED) is 0.202. The summed E-state index contributed by atoms with van der Waals surface area (Å²) < 4.78 is 33.1. The summed E-state index contributed by atoms with van der Waals surface area (Å²) in [6, 6.07) is 19.7. The van der Waals surface area contributed by atoms with Crippen LogP contribution in [0.4, 0.5) is 14.5 Å². The van der Waals surface area contributed by atoms with Crippen molar-refractivity contribution >= 4 is 17.4 Å². The third-order valence-electron chi connectivity index (χ3n) is 7.52. The van der Waals surface area contributed by atoms with E-state index in [-0.39, 0.29) is 23.8 Å². The predicted octanol–water partition coefficient (Wildman–Crippen LogP) is 6.81. The molecule has 0 bridgehead atoms. The van der Waals surface area contributed by atoms with Gasteiger partial charge in [-0.3, -0.25) is 9.59 Å². The van der Waals surface area contributed by atoms with Crippen LogP contribution in [0.5, 0.6) is 0 Å². The summed E-state index contributed by atoms with van der Waals surface area (Å²) in [4.78, 5) is 27.6. The van der Waals surface area contributed by atoms with Gasteiger partial charge in [0.25, 0.3) is 0 Å². The first kappa shape index (κ1) is 27.5. The molecule has 200 valence electrons. The van der Waals surface area contributed by atoms with Crippen molar-refractivity contribution in [3.8, 4) is 0 Å². The zero-order valence-electron chi connectivity index (χ0n) is 22.2. The maximum Gasteiger partial charge on any atom is 0.317 e. The van der Waals surface area contributed by atoms with Gasteiger partial charge >= 0.3 is 5.97 Å². The van der Waals surface area contributed by atoms with E-state index in [2.05, 4.69) is 0 Å². The highest BCUT2D eigenvalue weighted by Crippen LogP contribution is 2.47. The third-order valence-corrected chi connectivity index (χ3v) is 7.52. The van der Waals surface area contributed by atoms with E-state index in [4.69, 9.17) is 10.5 Å². The number of hydrogen-bond acceptors (Lipinski definition) is 4. The van der Waals surface area contributed by atoms with Gasteiger partial charge in [0, 0.05) is 18.0 Å². The summed E-state index contributed by atoms with van der Waals surface area (Å²) in [5.41, 5.74) is 7.82. The number of ketones is 1. The van der Waals surface area contributed by atoms with E-state index in [1.807, 2.05) is 39.0 Å². The molecule has 0 radical (unpaired) electrons. The van der Waals surface area contributed by atoms with Crippen molar-refractivity contribution in [1.29, 1.82) is 0 Å². The van der Waals surface area contributed by atoms with Gasteiger partial charge in [-0.25, -0.2) is 8.78 Å². The highest BCUT2D eigenvalue weighted by Gasteiger charge is 2.51. The van der Waals surface area contributed by atoms with Crippen LogP contribution in [0.15, 0.2) is 72.8 Å². The van der Waals surface area contributed by atoms with Crippen LogP contribution >= 0.6 is 0 Å². The number of anilines is 1. The molecule has 1 heterocycles. The molecule has 0 saturated carbocycles. The zero-order valence-corrected chi connectivity index (χ0v) is 22.2. The Morgan fingerprint density at radius 3 is 1.87 bits per heavy atom. The van der Waals surface area contributed by atoms with Gasteiger partial charge in [0.2, 0.25) is 0 Å². The number of esters is 1. The number of nitrogen functional groups attached to an aromatic ring is 1. The Balaban J connectivity index is 1.62. The van der Waals surface area contributed by atoms with Crippen LogP contribution in [0.3, 0.4) is 0 Å². The first-order valence-electron chi connectivity index (χ1n) is 13.1. The molecule has 0 aliphatic carbocycles. The summed E-state index contributed by atoms with van der Waals surface area (Å²) in [5, 5.41) is 0. The number of ether oxygens (including phenoxy) is 1. The SMILES string of the molecule is CC(C)(C)C(c1cccc(N)c1)C1C(=O)CC(CCc2ccc(F)cc2)(CCc2ccc(F)cc2)OC1=O. The second-order valence-electron chi connectivity index (χ2n) is 11.5. The lowest BCUT2D eigenvalue weighted by molar-refractivity contribution is -0.181. The molecule has 3 aromatic carbocycles. The molecule has 6 heteroatoms. The molecule has 0 amide bonds. The molecule has 4 rings (SSSR count). The van der Waals surface area contributed by atoms with Gasteiger partial charge in [0.1, 0.15) is 23.2 Å². The molecule has 1 aliphatic rings. The topological polar surface area (TPSA) is 69.4 Å². The zero-order chi connectivity index (χ0) is 27.5. The predicted molar refractivity (Wildman–Crippen MR) is 144 cm³/mol. The average molecular weight is 520 g/mol. The smallest absolute Gasteiger partial charge is 0.317 e. The molecule has 2 N–H and O–H groups in total. The molecule has 0 spiro atoms. The van der Waals surface area contributed by atoms with E-state index in [0.29, 0.717) is 31.4 Å². The van der Waals surface area contributed by atoms with Crippen LogP contribution in [-0.4, -0.2) is 17.4 Å². The highest BCUT2D eigenvalue weighted by molar-refractivity contribution is 6.02. The monoisotopic (exact) mass is 519 g/mol. The van der Waals surface area contributed by atoms with Gasteiger partial charge in [-0.2, -0.15) is 0 Å². The number of rotatable bonds is 8. The minimum atomic E-state index is -1.01. The van der Waals surface area contributed by atoms with Gasteiger partial charge in [-0.15, -0.1) is 0 Å². The van der Waals surface area contributed by atoms with Gasteiger partial charge in [0.05, 0.1) is 0 Å². The standard InChI is InChI=1S/C32H35F2NO3/c1-31(2,3)29(23-5-4-6-26(35)19-23)28-27(36)20-32(38-30(28)37,17-15-21-7-11-24(33)12-8-21)18-16-22-9-13-25(34)14-10-22/h4-14,19,28-29H,15-18,20,35H2,1-3H3. The van der Waals surface area contributed by atoms with Crippen LogP contribution < -0.4 is 5.73 Å². The van der Waals surface area contributed by atoms with Crippen molar-refractivity contribution < 1.29 is 23.1 Å². The number of carbonyl (C=O) groups excluding carboxylic acids is 2. The van der Waals surface area contributed by atoms with Crippen molar-refractivity contribution in [3.63, 3.8) is 0 Å². The number of hydrogen-bond donors (Lipinski definition) is 1. The highest BCUT2D eigenvalue weighted by atomic mass is 19.1. The van der Waals surface area contributed by atoms with Gasteiger partial charge in [-0.1, -0.05) is 57.2 Å². The van der Waals surface area contributed by atoms with Crippen LogP contribution in [0, 0.1) is 23.0 Å². The first-order valence-corrected chi connectivity index (χ1v) is 13.1. The number of cyclic esters (lactones) is 1. The maximum atomic E-state index is 13.8. The van der Waals surface area contributed by atoms with E-state index in [0.717, 1.165) is 16.7 Å². The Labute approximate surface area is 223 Å². The molecule has 2 atom stereocenters. The summed E-state index contributed by atoms with van der Waals surface area (Å²) in [7, 11) is 0. The molecule has 1 saturated heterocycles. The number of aryl methyl sites for hydroxylation is 2. The number of halogens is 2. The van der Waals surface area contributed by atoms with E-state index < -0.39 is 28.8 Å². The summed E-state index contributed by atoms with van der Waals surface area (Å²) in [6.45, 7) is 6.02. The van der Waals surface area contributed by atoms with Gasteiger partial charge in [-0.05, 0) is 84.2 Å². The van der Waals surface area contributed by atoms with Crippen LogP contribution in [0.1, 0.15) is 62.6 Å². The molecule has 1 aliphatic heterocycles. The van der Waals surface area contributed by atoms with Gasteiger partial charge < -0.3 is 10.5 Å². The summed E-state index contributed by atoms with van der Waals surface area (Å²) >= 11 is 0. The fraction of sp³-hybridized carbons (Fsp3) is 0.375. The van der Waals surface area contributed by atoms with E-state index >= 15 is 0 Å². The Kier molecular flexibility index (Phi) is 8.00. The largest absolute Gasteiger partial charge is 0.458 e. The fourth-order valence-corrected chi connectivity index (χ4v) is 5.59. The van der Waals surface area contributed by atoms with Crippen molar-refractivity contribution in [3.05, 3.63) is 101 Å². The van der Waals surface area contributed by atoms with E-state index in [9.17, 15) is 18.4 Å². The van der Waals surface area contributed by atoms with Crippen molar-refractivity contribution in [1.82, 2.24) is 0 Å². The summed E-state index contributed by atoms with van der Waals surface area (Å²) in [5.74, 6) is -2.67. The Bertz CT molecular complexity index is 1210. The Hall–Kier alpha value is -3.54. The molecule has 4 nitrogen and oxygen atoms in total. The Morgan fingerprint density at radius 2 is 1.42 bits per heavy atom. The normalized spacial score (nSPS) is 18.2. The van der Waals surface area contributed by atoms with Crippen LogP contribution in [-0.2, 0) is 27.2 Å². The van der Waals surface area contributed by atoms with E-state index in [1.165, 1.54) is 24.3 Å². The van der Waals surface area contributed by atoms with Crippen LogP contribution in [0.25, 0.3) is 0 Å². The number of benzene rings is 3. The van der Waals surface area contributed by atoms with Crippen molar-refractivity contribution in [2.45, 2.75) is 64.4 Å². The minimum absolute atomic E-state index is 0.0840. The first-order chi connectivity index (χ1) is 18.0. The van der Waals surface area contributed by atoms with Gasteiger partial charge in [0.15, 0.2) is 5.78 Å². The van der Waals surface area contributed by atoms with E-state index in [1.54, 1.807) is 30.3 Å². The average Bonchev–Trinajstić information content (AvgIpc) is 2.85. The fourth-order valence-electron chi connectivity index (χ4n) is 5.59. The maximum absolute atomic E-state index is 13.8. The second-order valence-corrected chi connectivity index (χ2v) is 11.5. The molecule has 3 aromatic rings. The molecule has 0 aromatic heterocycles. The lowest BCUT2D eigenvalue weighted by Crippen LogP contribution is -2.51. The van der Waals surface area contributed by atoms with Crippen LogP contribution in [0.2, 0.25) is 0 Å². The molecule has 38 heavy (non-hydrogen) atoms.